The number of benzene rings is 1. The molecule has 0 unspecified atom stereocenters. The van der Waals surface area contributed by atoms with Gasteiger partial charge in [0, 0.05) is 0 Å². The number of para-hydroxylation sites is 1. The van der Waals surface area contributed by atoms with E-state index in [-0.39, 0.29) is 17.6 Å². The zero-order valence-corrected chi connectivity index (χ0v) is 16.8. The van der Waals surface area contributed by atoms with Gasteiger partial charge in [0.05, 0.1) is 37.4 Å². The highest BCUT2D eigenvalue weighted by Gasteiger charge is 2.20. The topological polar surface area (TPSA) is 105 Å². The molecule has 0 aliphatic carbocycles. The maximum absolute atomic E-state index is 12.8. The van der Waals surface area contributed by atoms with Gasteiger partial charge in [-0.25, -0.2) is 9.67 Å². The van der Waals surface area contributed by atoms with Crippen LogP contribution in [0.2, 0.25) is 0 Å². The Morgan fingerprint density at radius 2 is 1.90 bits per heavy atom. The Labute approximate surface area is 165 Å². The first-order valence-electron chi connectivity index (χ1n) is 8.96. The Balaban J connectivity index is 1.77. The van der Waals surface area contributed by atoms with Crippen LogP contribution in [0.5, 0.6) is 11.5 Å². The van der Waals surface area contributed by atoms with Crippen molar-refractivity contribution in [3.63, 3.8) is 0 Å². The molecule has 0 saturated heterocycles. The molecule has 0 N–H and O–H groups in total. The van der Waals surface area contributed by atoms with E-state index in [1.165, 1.54) is 4.68 Å². The number of oxazole rings is 1. The van der Waals surface area contributed by atoms with Crippen LogP contribution in [0.25, 0.3) is 22.4 Å². The highest BCUT2D eigenvalue weighted by Crippen LogP contribution is 2.37. The smallest absolute Gasteiger partial charge is 0.297 e. The van der Waals surface area contributed by atoms with Gasteiger partial charge in [-0.2, -0.15) is 5.10 Å². The predicted octanol–water partition coefficient (Wildman–Crippen LogP) is 3.03. The zero-order chi connectivity index (χ0) is 20.7. The Morgan fingerprint density at radius 3 is 2.62 bits per heavy atom. The van der Waals surface area contributed by atoms with Gasteiger partial charge in [0.15, 0.2) is 17.0 Å². The number of methoxy groups -OCH3 is 2. The average Bonchev–Trinajstić information content (AvgIpc) is 3.28. The molecule has 0 saturated carbocycles. The number of ether oxygens (including phenoxy) is 2. The molecule has 150 valence electrons. The minimum atomic E-state index is -0.342. The number of aryl methyl sites for hydroxylation is 3. The van der Waals surface area contributed by atoms with E-state index in [1.807, 2.05) is 19.1 Å². The molecule has 3 heterocycles. The van der Waals surface area contributed by atoms with Crippen molar-refractivity contribution < 1.29 is 18.4 Å². The van der Waals surface area contributed by atoms with Gasteiger partial charge >= 0.3 is 0 Å². The molecule has 0 bridgehead atoms. The number of rotatable bonds is 5. The number of hydrogen-bond donors (Lipinski definition) is 0. The van der Waals surface area contributed by atoms with Gasteiger partial charge in [-0.1, -0.05) is 11.2 Å². The van der Waals surface area contributed by atoms with Gasteiger partial charge in [-0.3, -0.25) is 4.79 Å². The second kappa shape index (κ2) is 7.08. The number of hydrogen-bond acceptors (Lipinski definition) is 8. The Kier molecular flexibility index (Phi) is 4.57. The van der Waals surface area contributed by atoms with Gasteiger partial charge < -0.3 is 18.4 Å². The fourth-order valence-corrected chi connectivity index (χ4v) is 3.34. The van der Waals surface area contributed by atoms with Crippen molar-refractivity contribution in [2.24, 2.45) is 0 Å². The Morgan fingerprint density at radius 1 is 1.10 bits per heavy atom. The molecule has 0 amide bonds. The monoisotopic (exact) mass is 396 g/mol. The molecule has 0 aliphatic heterocycles. The lowest BCUT2D eigenvalue weighted by Gasteiger charge is -2.10. The van der Waals surface area contributed by atoms with Crippen molar-refractivity contribution in [1.29, 1.82) is 0 Å². The van der Waals surface area contributed by atoms with Crippen molar-refractivity contribution >= 4 is 10.9 Å². The molecular weight excluding hydrogens is 376 g/mol. The lowest BCUT2D eigenvalue weighted by atomic mass is 10.2. The Bertz CT molecular complexity index is 1270. The summed E-state index contributed by atoms with van der Waals surface area (Å²) in [6.45, 7) is 5.49. The van der Waals surface area contributed by atoms with Crippen molar-refractivity contribution in [3.8, 4) is 23.0 Å². The minimum Gasteiger partial charge on any atom is -0.493 e. The fourth-order valence-electron chi connectivity index (χ4n) is 3.34. The van der Waals surface area contributed by atoms with Crippen molar-refractivity contribution in [2.45, 2.75) is 27.3 Å². The first-order valence-corrected chi connectivity index (χ1v) is 8.96. The van der Waals surface area contributed by atoms with E-state index < -0.39 is 0 Å². The van der Waals surface area contributed by atoms with E-state index in [0.29, 0.717) is 51.2 Å². The molecular formula is C20H20N4O5. The molecule has 4 aromatic rings. The van der Waals surface area contributed by atoms with Crippen molar-refractivity contribution in [1.82, 2.24) is 19.9 Å². The molecule has 4 rings (SSSR count). The van der Waals surface area contributed by atoms with Crippen LogP contribution in [0, 0.1) is 20.8 Å². The van der Waals surface area contributed by atoms with Crippen molar-refractivity contribution in [3.05, 3.63) is 51.5 Å². The second-order valence-electron chi connectivity index (χ2n) is 6.57. The van der Waals surface area contributed by atoms with E-state index in [0.717, 1.165) is 0 Å². The van der Waals surface area contributed by atoms with Crippen LogP contribution in [0.1, 0.15) is 22.9 Å². The van der Waals surface area contributed by atoms with E-state index in [1.54, 1.807) is 34.1 Å². The molecule has 9 heteroatoms. The molecule has 0 fully saturated rings. The van der Waals surface area contributed by atoms with E-state index in [9.17, 15) is 4.79 Å². The molecule has 0 spiro atoms. The van der Waals surface area contributed by atoms with Gasteiger partial charge in [-0.05, 0) is 32.9 Å². The van der Waals surface area contributed by atoms with Crippen LogP contribution in [0.3, 0.4) is 0 Å². The highest BCUT2D eigenvalue weighted by molar-refractivity contribution is 5.81. The lowest BCUT2D eigenvalue weighted by molar-refractivity contribution is 0.355. The third-order valence-electron chi connectivity index (χ3n) is 4.76. The summed E-state index contributed by atoms with van der Waals surface area (Å²) in [5.41, 5.74) is 1.81. The van der Waals surface area contributed by atoms with Gasteiger partial charge in [0.2, 0.25) is 5.89 Å². The van der Waals surface area contributed by atoms with E-state index in [4.69, 9.17) is 18.4 Å². The third kappa shape index (κ3) is 3.04. The maximum Gasteiger partial charge on any atom is 0.297 e. The number of fused-ring (bicyclic) bond motifs is 1. The fraction of sp³-hybridized carbons (Fsp3) is 0.300. The molecule has 0 radical (unpaired) electrons. The zero-order valence-electron chi connectivity index (χ0n) is 16.8. The number of nitrogens with zero attached hydrogens (tertiary/aromatic N) is 4. The van der Waals surface area contributed by atoms with Gasteiger partial charge in [-0.15, -0.1) is 0 Å². The number of aromatic nitrogens is 4. The van der Waals surface area contributed by atoms with Crippen LogP contribution in [0.4, 0.5) is 0 Å². The SMILES string of the molecule is COc1cccc(-c2nc(Cn3nc(C)c4c(C)onc4c3=O)c(C)o2)c1OC. The summed E-state index contributed by atoms with van der Waals surface area (Å²) in [7, 11) is 3.12. The highest BCUT2D eigenvalue weighted by atomic mass is 16.5. The summed E-state index contributed by atoms with van der Waals surface area (Å²) >= 11 is 0. The largest absolute Gasteiger partial charge is 0.493 e. The Hall–Kier alpha value is -3.62. The van der Waals surface area contributed by atoms with Gasteiger partial charge in [0.25, 0.3) is 5.56 Å². The molecule has 29 heavy (non-hydrogen) atoms. The standard InChI is InChI=1S/C20H20N4O5/c1-10-16-12(3)29-23-17(16)20(25)24(22-10)9-14-11(2)28-19(21-14)13-7-6-8-15(26-4)18(13)27-5/h6-8H,9H2,1-5H3. The van der Waals surface area contributed by atoms with Crippen LogP contribution < -0.4 is 15.0 Å². The lowest BCUT2D eigenvalue weighted by Crippen LogP contribution is -2.25. The van der Waals surface area contributed by atoms with Crippen LogP contribution >= 0.6 is 0 Å². The van der Waals surface area contributed by atoms with Gasteiger partial charge in [0.1, 0.15) is 17.2 Å². The first-order chi connectivity index (χ1) is 13.9. The molecule has 0 aliphatic rings. The first kappa shape index (κ1) is 18.7. The summed E-state index contributed by atoms with van der Waals surface area (Å²) in [4.78, 5) is 17.3. The van der Waals surface area contributed by atoms with Crippen LogP contribution in [-0.4, -0.2) is 34.1 Å². The third-order valence-corrected chi connectivity index (χ3v) is 4.76. The normalized spacial score (nSPS) is 11.2. The summed E-state index contributed by atoms with van der Waals surface area (Å²) in [5.74, 6) is 2.61. The summed E-state index contributed by atoms with van der Waals surface area (Å²) < 4.78 is 23.1. The second-order valence-corrected chi connectivity index (χ2v) is 6.57. The molecule has 1 aromatic carbocycles. The van der Waals surface area contributed by atoms with Crippen molar-refractivity contribution in [2.75, 3.05) is 14.2 Å². The minimum absolute atomic E-state index is 0.142. The van der Waals surface area contributed by atoms with Crippen LogP contribution in [-0.2, 0) is 6.54 Å². The van der Waals surface area contributed by atoms with E-state index in [2.05, 4.69) is 15.2 Å². The molecule has 9 nitrogen and oxygen atoms in total. The van der Waals surface area contributed by atoms with E-state index >= 15 is 0 Å². The summed E-state index contributed by atoms with van der Waals surface area (Å²) in [5, 5.41) is 8.91. The predicted molar refractivity (Wildman–Crippen MR) is 104 cm³/mol. The summed E-state index contributed by atoms with van der Waals surface area (Å²) in [6.07, 6.45) is 0. The summed E-state index contributed by atoms with van der Waals surface area (Å²) in [6, 6.07) is 5.45. The maximum atomic E-state index is 12.8. The quantitative estimate of drug-likeness (QED) is 0.507. The molecule has 0 atom stereocenters. The molecule has 3 aromatic heterocycles. The van der Waals surface area contributed by atoms with Crippen LogP contribution in [0.15, 0.2) is 31.9 Å². The average molecular weight is 396 g/mol.